The van der Waals surface area contributed by atoms with E-state index in [1.807, 2.05) is 0 Å². The summed E-state index contributed by atoms with van der Waals surface area (Å²) in [5.41, 5.74) is 5.66. The van der Waals surface area contributed by atoms with Gasteiger partial charge in [0.1, 0.15) is 17.2 Å². The van der Waals surface area contributed by atoms with Crippen molar-refractivity contribution in [3.05, 3.63) is 6.07 Å². The van der Waals surface area contributed by atoms with Crippen LogP contribution in [0.15, 0.2) is 6.07 Å². The molecule has 2 rings (SSSR count). The number of hydrogen-bond acceptors (Lipinski definition) is 6. The lowest BCUT2D eigenvalue weighted by Crippen LogP contribution is -2.39. The summed E-state index contributed by atoms with van der Waals surface area (Å²) in [4.78, 5) is 7.35. The number of hydrogen-bond donors (Lipinski definition) is 4. The second-order valence-corrected chi connectivity index (χ2v) is 3.85. The van der Waals surface area contributed by atoms with Gasteiger partial charge in [-0.1, -0.05) is 0 Å². The second-order valence-electron chi connectivity index (χ2n) is 3.85. The zero-order chi connectivity index (χ0) is 12.7. The van der Waals surface area contributed by atoms with Crippen LogP contribution < -0.4 is 22.3 Å². The fourth-order valence-corrected chi connectivity index (χ4v) is 1.45. The van der Waals surface area contributed by atoms with Crippen LogP contribution in [0.5, 0.6) is 0 Å². The molecule has 1 aliphatic rings. The molecule has 17 heavy (non-hydrogen) atoms. The lowest BCUT2D eigenvalue weighted by atomic mass is 10.2. The number of aromatic nitrogens is 2. The van der Waals surface area contributed by atoms with Crippen molar-refractivity contribution in [3.63, 3.8) is 0 Å². The fraction of sp³-hybridized carbons (Fsp3) is 0.500. The third-order valence-electron chi connectivity index (χ3n) is 2.55. The van der Waals surface area contributed by atoms with Gasteiger partial charge in [0.05, 0.1) is 0 Å². The average molecular weight is 248 g/mol. The number of nitrogen functional groups attached to an aromatic ring is 2. The number of anilines is 3. The molecule has 0 amide bonds. The zero-order valence-corrected chi connectivity index (χ0v) is 8.67. The zero-order valence-electron chi connectivity index (χ0n) is 8.67. The maximum absolute atomic E-state index is 12.7. The second kappa shape index (κ2) is 3.62. The molecule has 1 fully saturated rings. The van der Waals surface area contributed by atoms with Gasteiger partial charge in [-0.25, -0.2) is 5.84 Å². The Hall–Kier alpha value is -1.77. The predicted molar refractivity (Wildman–Crippen MR) is 55.9 cm³/mol. The molecule has 1 heterocycles. The summed E-state index contributed by atoms with van der Waals surface area (Å²) in [6.07, 6.45) is -4.28. The van der Waals surface area contributed by atoms with Crippen LogP contribution in [0.1, 0.15) is 12.8 Å². The van der Waals surface area contributed by atoms with Crippen LogP contribution in [-0.2, 0) is 0 Å². The van der Waals surface area contributed by atoms with Gasteiger partial charge < -0.3 is 16.5 Å². The Labute approximate surface area is 94.6 Å². The summed E-state index contributed by atoms with van der Waals surface area (Å²) < 4.78 is 38.1. The van der Waals surface area contributed by atoms with Crippen molar-refractivity contribution in [2.45, 2.75) is 24.6 Å². The average Bonchev–Trinajstić information content (AvgIpc) is 2.97. The van der Waals surface area contributed by atoms with Crippen molar-refractivity contribution in [1.82, 2.24) is 9.97 Å². The third-order valence-corrected chi connectivity index (χ3v) is 2.55. The topological polar surface area (TPSA) is 102 Å². The van der Waals surface area contributed by atoms with E-state index < -0.39 is 11.7 Å². The molecule has 6 nitrogen and oxygen atoms in total. The summed E-state index contributed by atoms with van der Waals surface area (Å²) in [6, 6.07) is 1.27. The fourth-order valence-electron chi connectivity index (χ4n) is 1.45. The first-order chi connectivity index (χ1) is 7.86. The van der Waals surface area contributed by atoms with Gasteiger partial charge >= 0.3 is 6.18 Å². The molecule has 1 saturated carbocycles. The first-order valence-corrected chi connectivity index (χ1v) is 4.82. The number of halogens is 3. The van der Waals surface area contributed by atoms with E-state index >= 15 is 0 Å². The van der Waals surface area contributed by atoms with Gasteiger partial charge in [0, 0.05) is 6.07 Å². The van der Waals surface area contributed by atoms with Crippen molar-refractivity contribution in [3.8, 4) is 0 Å². The Balaban J connectivity index is 2.22. The van der Waals surface area contributed by atoms with E-state index in [0.717, 1.165) is 0 Å². The van der Waals surface area contributed by atoms with E-state index in [2.05, 4.69) is 20.7 Å². The van der Waals surface area contributed by atoms with Gasteiger partial charge in [0.25, 0.3) is 0 Å². The largest absolute Gasteiger partial charge is 0.411 e. The highest BCUT2D eigenvalue weighted by atomic mass is 19.4. The molecule has 0 aliphatic heterocycles. The number of nitrogens with zero attached hydrogens (tertiary/aromatic N) is 2. The Bertz CT molecular complexity index is 428. The van der Waals surface area contributed by atoms with Gasteiger partial charge in [-0.2, -0.15) is 23.1 Å². The molecule has 1 aromatic heterocycles. The van der Waals surface area contributed by atoms with Crippen molar-refractivity contribution < 1.29 is 13.2 Å². The normalized spacial score (nSPS) is 17.6. The molecule has 9 heteroatoms. The van der Waals surface area contributed by atoms with Crippen LogP contribution in [0.2, 0.25) is 0 Å². The van der Waals surface area contributed by atoms with Crippen LogP contribution in [0, 0.1) is 0 Å². The molecule has 1 aliphatic carbocycles. The monoisotopic (exact) mass is 248 g/mol. The minimum absolute atomic E-state index is 0.000255. The molecular weight excluding hydrogens is 237 g/mol. The quantitative estimate of drug-likeness (QED) is 0.467. The van der Waals surface area contributed by atoms with E-state index in [-0.39, 0.29) is 30.4 Å². The molecule has 0 unspecified atom stereocenters. The van der Waals surface area contributed by atoms with E-state index in [9.17, 15) is 13.2 Å². The Morgan fingerprint density at radius 1 is 1.24 bits per heavy atom. The van der Waals surface area contributed by atoms with Gasteiger partial charge in [-0.05, 0) is 12.8 Å². The minimum atomic E-state index is -4.32. The predicted octanol–water partition coefficient (Wildman–Crippen LogP) is 0.851. The summed E-state index contributed by atoms with van der Waals surface area (Å²) >= 11 is 0. The number of hydrazine groups is 1. The molecular formula is C8H11F3N6. The Morgan fingerprint density at radius 2 is 1.82 bits per heavy atom. The minimum Gasteiger partial charge on any atom is -0.368 e. The van der Waals surface area contributed by atoms with Crippen LogP contribution in [-0.4, -0.2) is 21.7 Å². The SMILES string of the molecule is NNc1cc(NC2(C(F)(F)F)CC2)nc(N)n1. The van der Waals surface area contributed by atoms with E-state index in [1.54, 1.807) is 0 Å². The Morgan fingerprint density at radius 3 is 2.29 bits per heavy atom. The molecule has 1 aromatic rings. The first-order valence-electron chi connectivity index (χ1n) is 4.82. The van der Waals surface area contributed by atoms with Crippen LogP contribution >= 0.6 is 0 Å². The van der Waals surface area contributed by atoms with E-state index in [0.29, 0.717) is 0 Å². The first kappa shape index (κ1) is 11.7. The molecule has 0 spiro atoms. The standard InChI is InChI=1S/C8H11F3N6/c9-8(10,11)7(1-2-7)16-4-3-5(17-13)15-6(12)14-4/h3H,1-2,13H2,(H4,12,14,15,16,17). The van der Waals surface area contributed by atoms with Gasteiger partial charge in [-0.3, -0.25) is 0 Å². The van der Waals surface area contributed by atoms with Crippen LogP contribution in [0.25, 0.3) is 0 Å². The van der Waals surface area contributed by atoms with Crippen LogP contribution in [0.4, 0.5) is 30.8 Å². The highest BCUT2D eigenvalue weighted by molar-refractivity contribution is 5.53. The van der Waals surface area contributed by atoms with Gasteiger partial charge in [-0.15, -0.1) is 0 Å². The lowest BCUT2D eigenvalue weighted by Gasteiger charge is -2.21. The summed E-state index contributed by atoms with van der Waals surface area (Å²) in [6.45, 7) is 0. The molecule has 0 radical (unpaired) electrons. The number of rotatable bonds is 3. The van der Waals surface area contributed by atoms with Gasteiger partial charge in [0.15, 0.2) is 0 Å². The molecule has 0 aromatic carbocycles. The molecule has 6 N–H and O–H groups in total. The number of alkyl halides is 3. The maximum Gasteiger partial charge on any atom is 0.411 e. The van der Waals surface area contributed by atoms with Crippen molar-refractivity contribution in [2.75, 3.05) is 16.5 Å². The van der Waals surface area contributed by atoms with Crippen molar-refractivity contribution >= 4 is 17.6 Å². The summed E-state index contributed by atoms with van der Waals surface area (Å²) in [5.74, 6) is 5.11. The summed E-state index contributed by atoms with van der Waals surface area (Å²) in [7, 11) is 0. The van der Waals surface area contributed by atoms with Crippen molar-refractivity contribution in [2.24, 2.45) is 5.84 Å². The van der Waals surface area contributed by atoms with Crippen LogP contribution in [0.3, 0.4) is 0 Å². The third kappa shape index (κ3) is 2.18. The van der Waals surface area contributed by atoms with E-state index in [1.165, 1.54) is 6.07 Å². The highest BCUT2D eigenvalue weighted by Gasteiger charge is 2.63. The molecule has 0 bridgehead atoms. The number of nitrogens with one attached hydrogen (secondary N) is 2. The highest BCUT2D eigenvalue weighted by Crippen LogP contribution is 2.51. The van der Waals surface area contributed by atoms with E-state index in [4.69, 9.17) is 11.6 Å². The Kier molecular flexibility index (Phi) is 2.49. The molecule has 0 saturated heterocycles. The van der Waals surface area contributed by atoms with Gasteiger partial charge in [0.2, 0.25) is 5.95 Å². The molecule has 94 valence electrons. The smallest absolute Gasteiger partial charge is 0.368 e. The molecule has 0 atom stereocenters. The lowest BCUT2D eigenvalue weighted by molar-refractivity contribution is -0.151. The maximum atomic E-state index is 12.7. The van der Waals surface area contributed by atoms with Crippen molar-refractivity contribution in [1.29, 1.82) is 0 Å². The number of nitrogens with two attached hydrogens (primary N) is 2. The summed E-state index contributed by atoms with van der Waals surface area (Å²) in [5, 5.41) is 2.33.